The molecule has 0 fully saturated rings. The average Bonchev–Trinajstić information content (AvgIpc) is 2.46. The van der Waals surface area contributed by atoms with Gasteiger partial charge in [-0.1, -0.05) is 24.8 Å². The number of nitrogens with zero attached hydrogens (tertiary/aromatic N) is 1. The zero-order valence-electron chi connectivity index (χ0n) is 12.6. The number of carbonyl (C=O) groups excluding carboxylic acids is 1. The zero-order valence-corrected chi connectivity index (χ0v) is 12.6. The molecule has 0 aromatic heterocycles. The van der Waals surface area contributed by atoms with Crippen molar-refractivity contribution in [2.24, 2.45) is 5.73 Å². The van der Waals surface area contributed by atoms with E-state index in [0.717, 1.165) is 0 Å². The summed E-state index contributed by atoms with van der Waals surface area (Å²) in [5.41, 5.74) is 6.45. The van der Waals surface area contributed by atoms with Crippen molar-refractivity contribution in [1.82, 2.24) is 10.2 Å². The summed E-state index contributed by atoms with van der Waals surface area (Å²) in [5, 5.41) is 2.74. The molecule has 1 aromatic rings. The maximum Gasteiger partial charge on any atom is 0.234 e. The molecule has 1 rings (SSSR count). The van der Waals surface area contributed by atoms with Gasteiger partial charge in [-0.3, -0.25) is 9.69 Å². The summed E-state index contributed by atoms with van der Waals surface area (Å²) < 4.78 is 14.0. The van der Waals surface area contributed by atoms with E-state index in [2.05, 4.69) is 17.2 Å². The number of benzene rings is 1. The topological polar surface area (TPSA) is 58.4 Å². The van der Waals surface area contributed by atoms with Gasteiger partial charge in [-0.2, -0.15) is 0 Å². The molecule has 114 valence electrons. The molecule has 3 N–H and O–H groups in total. The van der Waals surface area contributed by atoms with Gasteiger partial charge in [0.1, 0.15) is 5.82 Å². The fourth-order valence-electron chi connectivity index (χ4n) is 1.88. The third kappa shape index (κ3) is 5.94. The number of halogens is 1. The number of nitrogens with one attached hydrogen (secondary N) is 1. The maximum absolute atomic E-state index is 14.0. The molecule has 0 spiro atoms. The van der Waals surface area contributed by atoms with Crippen LogP contribution in [0.3, 0.4) is 0 Å². The summed E-state index contributed by atoms with van der Waals surface area (Å²) in [7, 11) is 0. The van der Waals surface area contributed by atoms with Crippen molar-refractivity contribution in [3.63, 3.8) is 0 Å². The highest BCUT2D eigenvalue weighted by Gasteiger charge is 2.11. The monoisotopic (exact) mass is 291 g/mol. The lowest BCUT2D eigenvalue weighted by molar-refractivity contribution is -0.122. The first kappa shape index (κ1) is 17.2. The SMILES string of the molecule is CCNC(=O)CN(CC)Cc1ccc(C#CCN)cc1F. The number of rotatable bonds is 6. The first-order valence-electron chi connectivity index (χ1n) is 7.07. The van der Waals surface area contributed by atoms with E-state index in [9.17, 15) is 9.18 Å². The minimum absolute atomic E-state index is 0.0507. The Balaban J connectivity index is 2.74. The van der Waals surface area contributed by atoms with E-state index >= 15 is 0 Å². The summed E-state index contributed by atoms with van der Waals surface area (Å²) in [6, 6.07) is 4.87. The van der Waals surface area contributed by atoms with E-state index in [0.29, 0.717) is 30.8 Å². The van der Waals surface area contributed by atoms with Crippen molar-refractivity contribution in [3.05, 3.63) is 35.1 Å². The van der Waals surface area contributed by atoms with E-state index in [4.69, 9.17) is 5.73 Å². The minimum atomic E-state index is -0.312. The van der Waals surface area contributed by atoms with E-state index < -0.39 is 0 Å². The Kier molecular flexibility index (Phi) is 7.44. The number of hydrogen-bond donors (Lipinski definition) is 2. The molecule has 0 heterocycles. The van der Waals surface area contributed by atoms with Gasteiger partial charge in [0.2, 0.25) is 5.91 Å². The van der Waals surface area contributed by atoms with E-state index in [1.165, 1.54) is 6.07 Å². The Labute approximate surface area is 125 Å². The molecule has 0 radical (unpaired) electrons. The van der Waals surface area contributed by atoms with Crippen LogP contribution in [0.25, 0.3) is 0 Å². The minimum Gasteiger partial charge on any atom is -0.355 e. The Hall–Kier alpha value is -1.90. The van der Waals surface area contributed by atoms with Crippen LogP contribution in [0.1, 0.15) is 25.0 Å². The van der Waals surface area contributed by atoms with Gasteiger partial charge in [0, 0.05) is 24.2 Å². The average molecular weight is 291 g/mol. The second-order valence-electron chi connectivity index (χ2n) is 4.57. The number of hydrogen-bond acceptors (Lipinski definition) is 3. The van der Waals surface area contributed by atoms with E-state index in [-0.39, 0.29) is 24.8 Å². The molecular formula is C16H22FN3O. The largest absolute Gasteiger partial charge is 0.355 e. The van der Waals surface area contributed by atoms with E-state index in [1.54, 1.807) is 12.1 Å². The maximum atomic E-state index is 14.0. The number of carbonyl (C=O) groups is 1. The second-order valence-corrected chi connectivity index (χ2v) is 4.57. The molecule has 5 heteroatoms. The zero-order chi connectivity index (χ0) is 15.7. The van der Waals surface area contributed by atoms with Crippen LogP contribution >= 0.6 is 0 Å². The predicted octanol–water partition coefficient (Wildman–Crippen LogP) is 1.09. The highest BCUT2D eigenvalue weighted by atomic mass is 19.1. The van der Waals surface area contributed by atoms with Gasteiger partial charge < -0.3 is 11.1 Å². The van der Waals surface area contributed by atoms with Crippen LogP contribution in [-0.2, 0) is 11.3 Å². The van der Waals surface area contributed by atoms with Gasteiger partial charge >= 0.3 is 0 Å². The van der Waals surface area contributed by atoms with Gasteiger partial charge in [0.15, 0.2) is 0 Å². The Morgan fingerprint density at radius 3 is 2.76 bits per heavy atom. The fourth-order valence-corrected chi connectivity index (χ4v) is 1.88. The van der Waals surface area contributed by atoms with Crippen molar-refractivity contribution in [3.8, 4) is 11.8 Å². The van der Waals surface area contributed by atoms with Crippen molar-refractivity contribution in [2.45, 2.75) is 20.4 Å². The molecule has 0 bridgehead atoms. The first-order chi connectivity index (χ1) is 10.1. The molecule has 0 saturated heterocycles. The van der Waals surface area contributed by atoms with Crippen LogP contribution < -0.4 is 11.1 Å². The standard InChI is InChI=1S/C16H22FN3O/c1-3-19-16(21)12-20(4-2)11-14-8-7-13(6-5-9-18)10-15(14)17/h7-8,10H,3-4,9,11-12,18H2,1-2H3,(H,19,21). The number of amides is 1. The predicted molar refractivity (Wildman–Crippen MR) is 82.0 cm³/mol. The van der Waals surface area contributed by atoms with E-state index in [1.807, 2.05) is 18.7 Å². The van der Waals surface area contributed by atoms with Crippen molar-refractivity contribution in [2.75, 3.05) is 26.2 Å². The smallest absolute Gasteiger partial charge is 0.234 e. The van der Waals surface area contributed by atoms with Gasteiger partial charge in [0.25, 0.3) is 0 Å². The molecule has 4 nitrogen and oxygen atoms in total. The van der Waals surface area contributed by atoms with Crippen LogP contribution in [-0.4, -0.2) is 37.0 Å². The Morgan fingerprint density at radius 2 is 2.19 bits per heavy atom. The third-order valence-corrected chi connectivity index (χ3v) is 2.97. The van der Waals surface area contributed by atoms with Crippen LogP contribution in [0.15, 0.2) is 18.2 Å². The molecule has 1 amide bonds. The Morgan fingerprint density at radius 1 is 1.43 bits per heavy atom. The second kappa shape index (κ2) is 9.11. The molecule has 1 aromatic carbocycles. The van der Waals surface area contributed by atoms with Gasteiger partial charge in [0.05, 0.1) is 13.1 Å². The highest BCUT2D eigenvalue weighted by Crippen LogP contribution is 2.12. The van der Waals surface area contributed by atoms with Crippen molar-refractivity contribution in [1.29, 1.82) is 0 Å². The molecule has 0 saturated carbocycles. The summed E-state index contributed by atoms with van der Waals surface area (Å²) in [6.45, 7) is 5.99. The molecule has 0 aliphatic carbocycles. The summed E-state index contributed by atoms with van der Waals surface area (Å²) >= 11 is 0. The van der Waals surface area contributed by atoms with Crippen LogP contribution in [0.4, 0.5) is 4.39 Å². The van der Waals surface area contributed by atoms with Gasteiger partial charge in [-0.25, -0.2) is 4.39 Å². The summed E-state index contributed by atoms with van der Waals surface area (Å²) in [4.78, 5) is 13.5. The van der Waals surface area contributed by atoms with Crippen LogP contribution in [0.2, 0.25) is 0 Å². The third-order valence-electron chi connectivity index (χ3n) is 2.97. The fraction of sp³-hybridized carbons (Fsp3) is 0.438. The normalized spacial score (nSPS) is 10.1. The quantitative estimate of drug-likeness (QED) is 0.772. The van der Waals surface area contributed by atoms with Gasteiger partial charge in [-0.15, -0.1) is 0 Å². The molecular weight excluding hydrogens is 269 g/mol. The number of likely N-dealkylation sites (N-methyl/N-ethyl adjacent to an activating group) is 2. The molecule has 0 unspecified atom stereocenters. The van der Waals surface area contributed by atoms with Gasteiger partial charge in [-0.05, 0) is 25.6 Å². The lowest BCUT2D eigenvalue weighted by atomic mass is 10.1. The van der Waals surface area contributed by atoms with Crippen molar-refractivity contribution >= 4 is 5.91 Å². The van der Waals surface area contributed by atoms with Crippen molar-refractivity contribution < 1.29 is 9.18 Å². The lowest BCUT2D eigenvalue weighted by Crippen LogP contribution is -2.36. The summed E-state index contributed by atoms with van der Waals surface area (Å²) in [5.74, 6) is 5.12. The molecule has 0 aliphatic rings. The summed E-state index contributed by atoms with van der Waals surface area (Å²) in [6.07, 6.45) is 0. The molecule has 21 heavy (non-hydrogen) atoms. The van der Waals surface area contributed by atoms with Crippen LogP contribution in [0, 0.1) is 17.7 Å². The van der Waals surface area contributed by atoms with Crippen LogP contribution in [0.5, 0.6) is 0 Å². The first-order valence-corrected chi connectivity index (χ1v) is 7.07. The highest BCUT2D eigenvalue weighted by molar-refractivity contribution is 5.77. The number of nitrogens with two attached hydrogens (primary N) is 1. The molecule has 0 atom stereocenters. The Bertz CT molecular complexity index is 534. The molecule has 0 aliphatic heterocycles. The lowest BCUT2D eigenvalue weighted by Gasteiger charge is -2.20.